The molecule has 0 saturated carbocycles. The predicted octanol–water partition coefficient (Wildman–Crippen LogP) is 4.46. The number of carbonyl (C=O) groups excluding carboxylic acids is 1. The molecule has 8 heteroatoms. The van der Waals surface area contributed by atoms with Gasteiger partial charge in [-0.05, 0) is 38.0 Å². The van der Waals surface area contributed by atoms with Crippen molar-refractivity contribution in [3.8, 4) is 0 Å². The number of fused-ring (bicyclic) bond motifs is 1. The monoisotopic (exact) mass is 447 g/mol. The lowest BCUT2D eigenvalue weighted by molar-refractivity contribution is -0.120. The van der Waals surface area contributed by atoms with Crippen molar-refractivity contribution in [2.24, 2.45) is 0 Å². The number of hydrogen-bond acceptors (Lipinski definition) is 5. The van der Waals surface area contributed by atoms with Crippen LogP contribution in [-0.2, 0) is 16.0 Å². The third-order valence-corrected chi connectivity index (χ3v) is 7.49. The highest BCUT2D eigenvalue weighted by Crippen LogP contribution is 2.27. The van der Waals surface area contributed by atoms with E-state index in [9.17, 15) is 14.0 Å². The van der Waals surface area contributed by atoms with Crippen LogP contribution in [0.25, 0.3) is 10.2 Å². The number of aromatic nitrogens is 2. The van der Waals surface area contributed by atoms with Crippen molar-refractivity contribution < 1.29 is 9.18 Å². The quantitative estimate of drug-likeness (QED) is 0.561. The fourth-order valence-electron chi connectivity index (χ4n) is 3.20. The summed E-state index contributed by atoms with van der Waals surface area (Å²) < 4.78 is 14.1. The van der Waals surface area contributed by atoms with Gasteiger partial charge in [0.15, 0.2) is 0 Å². The smallest absolute Gasteiger partial charge is 0.259 e. The van der Waals surface area contributed by atoms with E-state index in [0.29, 0.717) is 29.1 Å². The van der Waals surface area contributed by atoms with Gasteiger partial charge in [-0.1, -0.05) is 32.0 Å². The third-order valence-electron chi connectivity index (χ3n) is 5.23. The maximum absolute atomic E-state index is 14.1. The summed E-state index contributed by atoms with van der Waals surface area (Å²) in [6.45, 7) is 9.84. The summed E-state index contributed by atoms with van der Waals surface area (Å²) in [5.74, 6) is 0.580. The first-order valence-corrected chi connectivity index (χ1v) is 11.6. The minimum absolute atomic E-state index is 0.129. The molecule has 2 aromatic heterocycles. The number of nitrogens with zero attached hydrogens (tertiary/aromatic N) is 1. The molecule has 30 heavy (non-hydrogen) atoms. The van der Waals surface area contributed by atoms with Crippen LogP contribution in [0.5, 0.6) is 0 Å². The van der Waals surface area contributed by atoms with Crippen LogP contribution < -0.4 is 10.9 Å². The van der Waals surface area contributed by atoms with Crippen molar-refractivity contribution in [1.82, 2.24) is 15.3 Å². The Hall–Kier alpha value is -2.19. The molecule has 0 saturated heterocycles. The topological polar surface area (TPSA) is 74.8 Å². The van der Waals surface area contributed by atoms with Gasteiger partial charge in [0.05, 0.1) is 16.4 Å². The number of rotatable bonds is 7. The molecule has 2 heterocycles. The number of benzene rings is 1. The third kappa shape index (κ3) is 4.75. The molecule has 5 nitrogen and oxygen atoms in total. The summed E-state index contributed by atoms with van der Waals surface area (Å²) in [4.78, 5) is 34.1. The molecular formula is C22H26FN3O2S2. The Bertz CT molecular complexity index is 1140. The summed E-state index contributed by atoms with van der Waals surface area (Å²) in [5, 5.41) is 3.23. The van der Waals surface area contributed by atoms with Crippen LogP contribution in [0.2, 0.25) is 0 Å². The fourth-order valence-corrected chi connectivity index (χ4v) is 5.03. The zero-order valence-corrected chi connectivity index (χ0v) is 19.4. The Morgan fingerprint density at radius 3 is 2.73 bits per heavy atom. The SMILES string of the molecule is Cc1sc2nc(CSC(C)C(=O)NCC(C)(C)c3ccccc3F)[nH]c(=O)c2c1C. The lowest BCUT2D eigenvalue weighted by Gasteiger charge is -2.26. The van der Waals surface area contributed by atoms with Gasteiger partial charge in [0.1, 0.15) is 16.5 Å². The minimum atomic E-state index is -0.530. The molecule has 1 aromatic carbocycles. The second-order valence-electron chi connectivity index (χ2n) is 8.01. The van der Waals surface area contributed by atoms with E-state index >= 15 is 0 Å². The number of H-pyrrole nitrogens is 1. The number of aromatic amines is 1. The summed E-state index contributed by atoms with van der Waals surface area (Å²) in [6.07, 6.45) is 0. The van der Waals surface area contributed by atoms with Crippen LogP contribution in [0.15, 0.2) is 29.1 Å². The maximum Gasteiger partial charge on any atom is 0.259 e. The van der Waals surface area contributed by atoms with Crippen molar-refractivity contribution in [2.45, 2.75) is 51.0 Å². The van der Waals surface area contributed by atoms with Crippen LogP contribution in [0.3, 0.4) is 0 Å². The van der Waals surface area contributed by atoms with Gasteiger partial charge in [-0.3, -0.25) is 9.59 Å². The van der Waals surface area contributed by atoms with Crippen LogP contribution in [0.4, 0.5) is 4.39 Å². The first-order chi connectivity index (χ1) is 14.1. The lowest BCUT2D eigenvalue weighted by atomic mass is 9.84. The fraction of sp³-hybridized carbons (Fsp3) is 0.409. The number of aryl methyl sites for hydroxylation is 2. The van der Waals surface area contributed by atoms with Gasteiger partial charge in [-0.2, -0.15) is 0 Å². The van der Waals surface area contributed by atoms with Crippen molar-refractivity contribution in [1.29, 1.82) is 0 Å². The molecule has 2 N–H and O–H groups in total. The normalized spacial score (nSPS) is 12.9. The summed E-state index contributed by atoms with van der Waals surface area (Å²) in [6, 6.07) is 6.62. The molecule has 1 atom stereocenters. The summed E-state index contributed by atoms with van der Waals surface area (Å²) >= 11 is 2.91. The molecule has 3 aromatic rings. The summed E-state index contributed by atoms with van der Waals surface area (Å²) in [7, 11) is 0. The van der Waals surface area contributed by atoms with Crippen molar-refractivity contribution in [3.63, 3.8) is 0 Å². The van der Waals surface area contributed by atoms with Gasteiger partial charge < -0.3 is 10.3 Å². The Labute approximate surface area is 183 Å². The van der Waals surface area contributed by atoms with E-state index < -0.39 is 5.41 Å². The molecule has 0 bridgehead atoms. The number of thiophene rings is 1. The Kier molecular flexibility index (Phi) is 6.67. The van der Waals surface area contributed by atoms with Crippen molar-refractivity contribution in [2.75, 3.05) is 6.54 Å². The average molecular weight is 448 g/mol. The standard InChI is InChI=1S/C22H26FN3O2S2/c1-12-13(2)30-21-18(12)20(28)25-17(26-21)10-29-14(3)19(27)24-11-22(4,5)15-8-6-7-9-16(15)23/h6-9,14H,10-11H2,1-5H3,(H,24,27)(H,25,26,28). The van der Waals surface area contributed by atoms with Gasteiger partial charge in [-0.15, -0.1) is 23.1 Å². The second-order valence-corrected chi connectivity index (χ2v) is 10.5. The van der Waals surface area contributed by atoms with Gasteiger partial charge >= 0.3 is 0 Å². The predicted molar refractivity (Wildman–Crippen MR) is 123 cm³/mol. The second kappa shape index (κ2) is 8.89. The van der Waals surface area contributed by atoms with E-state index in [4.69, 9.17) is 0 Å². The largest absolute Gasteiger partial charge is 0.354 e. The van der Waals surface area contributed by atoms with Crippen LogP contribution in [0, 0.1) is 19.7 Å². The average Bonchev–Trinajstić information content (AvgIpc) is 2.98. The summed E-state index contributed by atoms with van der Waals surface area (Å²) in [5.41, 5.74) is 0.870. The van der Waals surface area contributed by atoms with Crippen LogP contribution >= 0.6 is 23.1 Å². The molecule has 0 spiro atoms. The highest BCUT2D eigenvalue weighted by atomic mass is 32.2. The van der Waals surface area contributed by atoms with E-state index in [2.05, 4.69) is 15.3 Å². The first-order valence-electron chi connectivity index (χ1n) is 9.73. The molecule has 1 unspecified atom stereocenters. The first kappa shape index (κ1) is 22.5. The Morgan fingerprint density at radius 1 is 1.33 bits per heavy atom. The zero-order valence-electron chi connectivity index (χ0n) is 17.8. The number of hydrogen-bond donors (Lipinski definition) is 2. The number of carbonyl (C=O) groups is 1. The number of thioether (sulfide) groups is 1. The van der Waals surface area contributed by atoms with Crippen molar-refractivity contribution >= 4 is 39.2 Å². The highest BCUT2D eigenvalue weighted by Gasteiger charge is 2.25. The van der Waals surface area contributed by atoms with E-state index in [1.807, 2.05) is 34.6 Å². The van der Waals surface area contributed by atoms with E-state index in [1.165, 1.54) is 29.2 Å². The molecule has 0 aliphatic carbocycles. The van der Waals surface area contributed by atoms with Crippen LogP contribution in [0.1, 0.15) is 42.6 Å². The molecule has 0 aliphatic heterocycles. The molecule has 1 amide bonds. The Morgan fingerprint density at radius 2 is 2.03 bits per heavy atom. The number of amides is 1. The number of halogens is 1. The van der Waals surface area contributed by atoms with Gasteiger partial charge in [0.25, 0.3) is 5.56 Å². The molecule has 0 aliphatic rings. The van der Waals surface area contributed by atoms with E-state index in [-0.39, 0.29) is 22.5 Å². The number of nitrogens with one attached hydrogen (secondary N) is 2. The molecule has 160 valence electrons. The Balaban J connectivity index is 1.60. The molecule has 0 radical (unpaired) electrons. The van der Waals surface area contributed by atoms with Gasteiger partial charge in [0, 0.05) is 16.8 Å². The highest BCUT2D eigenvalue weighted by molar-refractivity contribution is 7.99. The minimum Gasteiger partial charge on any atom is -0.354 e. The molecule has 0 fully saturated rings. The zero-order chi connectivity index (χ0) is 22.1. The maximum atomic E-state index is 14.1. The van der Waals surface area contributed by atoms with Crippen molar-refractivity contribution in [3.05, 3.63) is 62.3 Å². The van der Waals surface area contributed by atoms with E-state index in [1.54, 1.807) is 18.2 Å². The van der Waals surface area contributed by atoms with Gasteiger partial charge in [-0.25, -0.2) is 9.37 Å². The molecule has 3 rings (SSSR count). The molecular weight excluding hydrogens is 421 g/mol. The van der Waals surface area contributed by atoms with Crippen LogP contribution in [-0.4, -0.2) is 27.7 Å². The van der Waals surface area contributed by atoms with Gasteiger partial charge in [0.2, 0.25) is 5.91 Å². The lowest BCUT2D eigenvalue weighted by Crippen LogP contribution is -2.40. The van der Waals surface area contributed by atoms with E-state index in [0.717, 1.165) is 15.3 Å².